The van der Waals surface area contributed by atoms with Gasteiger partial charge in [-0.3, -0.25) is 4.57 Å². The Bertz CT molecular complexity index is 940. The van der Waals surface area contributed by atoms with Gasteiger partial charge in [0.05, 0.1) is 6.54 Å². The van der Waals surface area contributed by atoms with E-state index < -0.39 is 6.09 Å². The largest absolute Gasteiger partial charge is 0.465 e. The molecule has 0 atom stereocenters. The summed E-state index contributed by atoms with van der Waals surface area (Å²) in [6.07, 6.45) is 3.27. The van der Waals surface area contributed by atoms with Crippen molar-refractivity contribution in [2.45, 2.75) is 38.8 Å². The lowest BCUT2D eigenvalue weighted by Crippen LogP contribution is -2.42. The molecule has 0 aliphatic carbocycles. The molecule has 1 amide bonds. The van der Waals surface area contributed by atoms with Crippen molar-refractivity contribution in [2.75, 3.05) is 18.4 Å². The van der Waals surface area contributed by atoms with Crippen molar-refractivity contribution >= 4 is 23.2 Å². The van der Waals surface area contributed by atoms with E-state index >= 15 is 0 Å². The lowest BCUT2D eigenvalue weighted by molar-refractivity contribution is 0.133. The minimum Gasteiger partial charge on any atom is -0.465 e. The predicted molar refractivity (Wildman–Crippen MR) is 101 cm³/mol. The molecule has 4 heterocycles. The Hall–Kier alpha value is -3.03. The number of fused-ring (bicyclic) bond motifs is 1. The smallest absolute Gasteiger partial charge is 0.407 e. The predicted octanol–water partition coefficient (Wildman–Crippen LogP) is 3.19. The highest BCUT2D eigenvalue weighted by Crippen LogP contribution is 2.23. The van der Waals surface area contributed by atoms with Crippen molar-refractivity contribution in [3.8, 4) is 0 Å². The molecular weight excluding hydrogens is 346 g/mol. The zero-order valence-corrected chi connectivity index (χ0v) is 15.3. The third-order valence-electron chi connectivity index (χ3n) is 4.98. The van der Waals surface area contributed by atoms with Crippen molar-refractivity contribution in [2.24, 2.45) is 0 Å². The minimum absolute atomic E-state index is 0.180. The quantitative estimate of drug-likeness (QED) is 0.717. The van der Waals surface area contributed by atoms with Crippen LogP contribution in [-0.2, 0) is 13.0 Å². The fourth-order valence-electron chi connectivity index (χ4n) is 3.47. The molecular formula is C19H23N5O3. The molecule has 0 radical (unpaired) electrons. The van der Waals surface area contributed by atoms with Crippen molar-refractivity contribution in [3.63, 3.8) is 0 Å². The van der Waals surface area contributed by atoms with Crippen LogP contribution >= 0.6 is 0 Å². The van der Waals surface area contributed by atoms with E-state index in [1.807, 2.05) is 28.8 Å². The molecule has 1 fully saturated rings. The number of furan rings is 1. The molecule has 3 aromatic rings. The first-order valence-corrected chi connectivity index (χ1v) is 9.27. The average molecular weight is 369 g/mol. The molecule has 27 heavy (non-hydrogen) atoms. The second-order valence-electron chi connectivity index (χ2n) is 6.78. The number of amides is 1. The number of likely N-dealkylation sites (tertiary alicyclic amines) is 1. The zero-order chi connectivity index (χ0) is 18.8. The molecule has 0 spiro atoms. The van der Waals surface area contributed by atoms with Crippen molar-refractivity contribution in [1.82, 2.24) is 19.4 Å². The van der Waals surface area contributed by atoms with Gasteiger partial charge in [0, 0.05) is 31.7 Å². The summed E-state index contributed by atoms with van der Waals surface area (Å²) in [5.41, 5.74) is 1.63. The molecule has 8 heteroatoms. The first kappa shape index (κ1) is 17.4. The molecule has 8 nitrogen and oxygen atoms in total. The van der Waals surface area contributed by atoms with E-state index in [0.29, 0.717) is 19.6 Å². The summed E-state index contributed by atoms with van der Waals surface area (Å²) in [4.78, 5) is 21.7. The zero-order valence-electron chi connectivity index (χ0n) is 15.3. The van der Waals surface area contributed by atoms with Gasteiger partial charge in [-0.1, -0.05) is 6.92 Å². The molecule has 0 aromatic carbocycles. The lowest BCUT2D eigenvalue weighted by Gasteiger charge is -2.30. The summed E-state index contributed by atoms with van der Waals surface area (Å²) >= 11 is 0. The van der Waals surface area contributed by atoms with E-state index in [1.54, 1.807) is 6.20 Å². The van der Waals surface area contributed by atoms with E-state index in [-0.39, 0.29) is 6.04 Å². The number of pyridine rings is 1. The van der Waals surface area contributed by atoms with Gasteiger partial charge in [0.1, 0.15) is 17.0 Å². The third-order valence-corrected chi connectivity index (χ3v) is 4.98. The van der Waals surface area contributed by atoms with E-state index in [1.165, 1.54) is 4.90 Å². The molecule has 0 bridgehead atoms. The van der Waals surface area contributed by atoms with E-state index in [2.05, 4.69) is 17.2 Å². The van der Waals surface area contributed by atoms with Gasteiger partial charge in [-0.15, -0.1) is 0 Å². The molecule has 2 N–H and O–H groups in total. The van der Waals surface area contributed by atoms with Crippen LogP contribution in [0.25, 0.3) is 11.2 Å². The van der Waals surface area contributed by atoms with Crippen LogP contribution in [0.5, 0.6) is 0 Å². The number of piperidine rings is 1. The highest BCUT2D eigenvalue weighted by Gasteiger charge is 2.24. The van der Waals surface area contributed by atoms with Crippen LogP contribution in [0.1, 0.15) is 31.3 Å². The second kappa shape index (κ2) is 7.30. The Kier molecular flexibility index (Phi) is 4.70. The number of hydrogen-bond donors (Lipinski definition) is 2. The number of hydrogen-bond acceptors (Lipinski definition) is 5. The van der Waals surface area contributed by atoms with Gasteiger partial charge in [0.2, 0.25) is 5.95 Å². The van der Waals surface area contributed by atoms with E-state index in [9.17, 15) is 4.79 Å². The van der Waals surface area contributed by atoms with Crippen LogP contribution in [0, 0.1) is 0 Å². The average Bonchev–Trinajstić information content (AvgIpc) is 3.27. The molecule has 4 rings (SSSR count). The molecule has 142 valence electrons. The molecule has 0 saturated carbocycles. The monoisotopic (exact) mass is 369 g/mol. The molecule has 3 aromatic heterocycles. The highest BCUT2D eigenvalue weighted by molar-refractivity contribution is 5.74. The Balaban J connectivity index is 1.57. The summed E-state index contributed by atoms with van der Waals surface area (Å²) in [7, 11) is 0. The Morgan fingerprint density at radius 1 is 1.30 bits per heavy atom. The topological polar surface area (TPSA) is 96.4 Å². The standard InChI is InChI=1S/C19H23N5O3/c1-2-14-5-6-15(27-14)12-24-17-16(4-3-9-20-17)22-18(24)21-13-7-10-23(11-8-13)19(25)26/h3-6,9,13H,2,7-8,10-12H2,1H3,(H,21,22)(H,25,26). The number of anilines is 1. The number of aryl methyl sites for hydroxylation is 1. The minimum atomic E-state index is -0.852. The Labute approximate surface area is 156 Å². The fraction of sp³-hybridized carbons (Fsp3) is 0.421. The Morgan fingerprint density at radius 3 is 2.78 bits per heavy atom. The number of imidazole rings is 1. The van der Waals surface area contributed by atoms with Gasteiger partial charge >= 0.3 is 6.09 Å². The first-order chi connectivity index (χ1) is 13.1. The summed E-state index contributed by atoms with van der Waals surface area (Å²) in [6, 6.07) is 7.98. The summed E-state index contributed by atoms with van der Waals surface area (Å²) in [6.45, 7) is 3.67. The lowest BCUT2D eigenvalue weighted by atomic mass is 10.1. The van der Waals surface area contributed by atoms with Crippen molar-refractivity contribution in [3.05, 3.63) is 42.0 Å². The van der Waals surface area contributed by atoms with Crippen LogP contribution in [0.2, 0.25) is 0 Å². The highest BCUT2D eigenvalue weighted by atomic mass is 16.4. The molecule has 0 unspecified atom stereocenters. The number of aromatic nitrogens is 3. The first-order valence-electron chi connectivity index (χ1n) is 9.27. The van der Waals surface area contributed by atoms with E-state index in [4.69, 9.17) is 14.5 Å². The van der Waals surface area contributed by atoms with Gasteiger partial charge in [-0.2, -0.15) is 0 Å². The summed E-state index contributed by atoms with van der Waals surface area (Å²) in [5, 5.41) is 12.6. The van der Waals surface area contributed by atoms with Crippen LogP contribution in [0.15, 0.2) is 34.9 Å². The SMILES string of the molecule is CCc1ccc(Cn2c(NC3CCN(C(=O)O)CC3)nc3cccnc32)o1. The third kappa shape index (κ3) is 3.60. The normalized spacial score (nSPS) is 15.4. The molecule has 1 saturated heterocycles. The molecule has 1 aliphatic heterocycles. The van der Waals surface area contributed by atoms with Crippen LogP contribution in [-0.4, -0.2) is 49.8 Å². The maximum Gasteiger partial charge on any atom is 0.407 e. The number of rotatable bonds is 5. The van der Waals surface area contributed by atoms with Crippen LogP contribution < -0.4 is 5.32 Å². The van der Waals surface area contributed by atoms with Gasteiger partial charge in [0.15, 0.2) is 5.65 Å². The summed E-state index contributed by atoms with van der Waals surface area (Å²) in [5.74, 6) is 2.56. The van der Waals surface area contributed by atoms with Gasteiger partial charge in [-0.05, 0) is 37.1 Å². The van der Waals surface area contributed by atoms with Crippen LogP contribution in [0.3, 0.4) is 0 Å². The summed E-state index contributed by atoms with van der Waals surface area (Å²) < 4.78 is 7.89. The van der Waals surface area contributed by atoms with E-state index in [0.717, 1.165) is 47.9 Å². The van der Waals surface area contributed by atoms with Crippen molar-refractivity contribution < 1.29 is 14.3 Å². The maximum atomic E-state index is 11.1. The number of carboxylic acid groups (broad SMARTS) is 1. The molecule has 1 aliphatic rings. The van der Waals surface area contributed by atoms with Gasteiger partial charge in [0.25, 0.3) is 0 Å². The van der Waals surface area contributed by atoms with Crippen LogP contribution in [0.4, 0.5) is 10.7 Å². The number of carbonyl (C=O) groups is 1. The Morgan fingerprint density at radius 2 is 2.07 bits per heavy atom. The van der Waals surface area contributed by atoms with Crippen molar-refractivity contribution in [1.29, 1.82) is 0 Å². The number of nitrogens with zero attached hydrogens (tertiary/aromatic N) is 4. The van der Waals surface area contributed by atoms with Gasteiger partial charge in [-0.25, -0.2) is 14.8 Å². The second-order valence-corrected chi connectivity index (χ2v) is 6.78. The van der Waals surface area contributed by atoms with Gasteiger partial charge < -0.3 is 19.7 Å². The number of nitrogens with one attached hydrogen (secondary N) is 1. The maximum absolute atomic E-state index is 11.1. The fourth-order valence-corrected chi connectivity index (χ4v) is 3.47.